The van der Waals surface area contributed by atoms with E-state index in [4.69, 9.17) is 4.74 Å². The van der Waals surface area contributed by atoms with Crippen LogP contribution in [0.3, 0.4) is 0 Å². The summed E-state index contributed by atoms with van der Waals surface area (Å²) in [5.41, 5.74) is 0.725. The zero-order valence-electron chi connectivity index (χ0n) is 11.2. The van der Waals surface area contributed by atoms with Crippen LogP contribution in [0.25, 0.3) is 0 Å². The lowest BCUT2D eigenvalue weighted by Crippen LogP contribution is -1.96. The number of thioether (sulfide) groups is 1. The summed E-state index contributed by atoms with van der Waals surface area (Å²) in [6.45, 7) is 1.82. The average Bonchev–Trinajstić information content (AvgIpc) is 2.81. The highest BCUT2D eigenvalue weighted by molar-refractivity contribution is 9.10. The number of nitrogens with zero attached hydrogens (tertiary/aromatic N) is 4. The molecule has 106 valence electrons. The zero-order chi connectivity index (χ0) is 14.7. The van der Waals surface area contributed by atoms with E-state index in [0.717, 1.165) is 5.56 Å². The van der Waals surface area contributed by atoms with Crippen molar-refractivity contribution in [1.82, 2.24) is 14.9 Å². The molecule has 0 spiro atoms. The van der Waals surface area contributed by atoms with Gasteiger partial charge in [-0.05, 0) is 41.2 Å². The van der Waals surface area contributed by atoms with Gasteiger partial charge in [0.1, 0.15) is 0 Å². The minimum absolute atomic E-state index is 0.0435. The van der Waals surface area contributed by atoms with Crippen molar-refractivity contribution in [2.45, 2.75) is 12.1 Å². The van der Waals surface area contributed by atoms with Gasteiger partial charge in [0.25, 0.3) is 0 Å². The standard InChI is InChI=1S/C12H13BrN4O2S/c1-7-15-16-12(20-3)17(7)14-6-8-4-5-9(19-2)11(18)10(8)13/h4-6,18H,1-3H3/b14-6-. The molecule has 0 saturated carbocycles. The fourth-order valence-electron chi connectivity index (χ4n) is 1.55. The molecule has 1 heterocycles. The summed E-state index contributed by atoms with van der Waals surface area (Å²) in [7, 11) is 1.50. The van der Waals surface area contributed by atoms with Crippen LogP contribution < -0.4 is 4.74 Å². The number of methoxy groups -OCH3 is 1. The largest absolute Gasteiger partial charge is 0.503 e. The number of rotatable bonds is 4. The molecule has 0 amide bonds. The van der Waals surface area contributed by atoms with Gasteiger partial charge < -0.3 is 9.84 Å². The van der Waals surface area contributed by atoms with Gasteiger partial charge in [-0.25, -0.2) is 0 Å². The molecule has 0 aliphatic heterocycles. The van der Waals surface area contributed by atoms with Crippen molar-refractivity contribution in [1.29, 1.82) is 0 Å². The monoisotopic (exact) mass is 356 g/mol. The molecule has 0 aliphatic carbocycles. The van der Waals surface area contributed by atoms with Gasteiger partial charge in [0.05, 0.1) is 17.8 Å². The van der Waals surface area contributed by atoms with Crippen LogP contribution in [0, 0.1) is 6.92 Å². The van der Waals surface area contributed by atoms with E-state index in [2.05, 4.69) is 31.2 Å². The Hall–Kier alpha value is -1.54. The lowest BCUT2D eigenvalue weighted by atomic mass is 10.2. The minimum atomic E-state index is 0.0435. The third kappa shape index (κ3) is 2.80. The van der Waals surface area contributed by atoms with Crippen molar-refractivity contribution in [2.75, 3.05) is 13.4 Å². The number of phenolic OH excluding ortho intramolecular Hbond substituents is 1. The third-order valence-electron chi connectivity index (χ3n) is 2.59. The number of hydrogen-bond donors (Lipinski definition) is 1. The van der Waals surface area contributed by atoms with Crippen LogP contribution in [0.5, 0.6) is 11.5 Å². The predicted octanol–water partition coefficient (Wildman–Crippen LogP) is 2.67. The number of hydrogen-bond acceptors (Lipinski definition) is 6. The van der Waals surface area contributed by atoms with E-state index in [0.29, 0.717) is 21.2 Å². The number of halogens is 1. The number of phenols is 1. The first kappa shape index (κ1) is 14.9. The molecule has 0 saturated heterocycles. The third-order valence-corrected chi connectivity index (χ3v) is 4.04. The zero-order valence-corrected chi connectivity index (χ0v) is 13.6. The highest BCUT2D eigenvalue weighted by atomic mass is 79.9. The van der Waals surface area contributed by atoms with Gasteiger partial charge in [-0.2, -0.15) is 9.78 Å². The Morgan fingerprint density at radius 2 is 2.20 bits per heavy atom. The van der Waals surface area contributed by atoms with E-state index in [-0.39, 0.29) is 5.75 Å². The Kier molecular flexibility index (Phi) is 4.66. The molecule has 6 nitrogen and oxygen atoms in total. The Labute approximate surface area is 129 Å². The van der Waals surface area contributed by atoms with E-state index in [1.54, 1.807) is 23.0 Å². The maximum atomic E-state index is 9.92. The second kappa shape index (κ2) is 6.27. The first-order valence-corrected chi connectivity index (χ1v) is 7.66. The summed E-state index contributed by atoms with van der Waals surface area (Å²) in [4.78, 5) is 0. The second-order valence-corrected chi connectivity index (χ2v) is 5.38. The van der Waals surface area contributed by atoms with Crippen LogP contribution in [0.15, 0.2) is 26.9 Å². The Morgan fingerprint density at radius 3 is 2.85 bits per heavy atom. The van der Waals surface area contributed by atoms with Crippen LogP contribution in [0.2, 0.25) is 0 Å². The van der Waals surface area contributed by atoms with Crippen LogP contribution in [0.1, 0.15) is 11.4 Å². The quantitative estimate of drug-likeness (QED) is 0.673. The van der Waals surface area contributed by atoms with Gasteiger partial charge in [-0.3, -0.25) is 0 Å². The van der Waals surface area contributed by atoms with Gasteiger partial charge in [0, 0.05) is 5.56 Å². The highest BCUT2D eigenvalue weighted by Gasteiger charge is 2.10. The Morgan fingerprint density at radius 1 is 1.45 bits per heavy atom. The molecule has 0 atom stereocenters. The summed E-state index contributed by atoms with van der Waals surface area (Å²) in [6, 6.07) is 3.47. The van der Waals surface area contributed by atoms with Crippen molar-refractivity contribution in [2.24, 2.45) is 5.10 Å². The fourth-order valence-corrected chi connectivity index (χ4v) is 2.45. The molecule has 20 heavy (non-hydrogen) atoms. The molecule has 0 unspecified atom stereocenters. The Balaban J connectivity index is 2.37. The van der Waals surface area contributed by atoms with E-state index in [1.807, 2.05) is 13.2 Å². The highest BCUT2D eigenvalue weighted by Crippen LogP contribution is 2.35. The first-order valence-electron chi connectivity index (χ1n) is 5.64. The summed E-state index contributed by atoms with van der Waals surface area (Å²) >= 11 is 4.78. The normalized spacial score (nSPS) is 11.2. The van der Waals surface area contributed by atoms with Crippen LogP contribution in [-0.4, -0.2) is 39.6 Å². The maximum Gasteiger partial charge on any atom is 0.211 e. The van der Waals surface area contributed by atoms with Gasteiger partial charge in [-0.1, -0.05) is 11.8 Å². The summed E-state index contributed by atoms with van der Waals surface area (Å²) in [5.74, 6) is 1.14. The number of aryl methyl sites for hydroxylation is 1. The first-order chi connectivity index (χ1) is 9.58. The fraction of sp³-hybridized carbons (Fsp3) is 0.250. The minimum Gasteiger partial charge on any atom is -0.503 e. The smallest absolute Gasteiger partial charge is 0.211 e. The lowest BCUT2D eigenvalue weighted by molar-refractivity contribution is 0.372. The van der Waals surface area contributed by atoms with E-state index >= 15 is 0 Å². The molecule has 0 aliphatic rings. The molecular formula is C12H13BrN4O2S. The molecule has 1 N–H and O–H groups in total. The molecule has 2 rings (SSSR count). The van der Waals surface area contributed by atoms with Crippen LogP contribution >= 0.6 is 27.7 Å². The SMILES string of the molecule is COc1ccc(/C=N\n2c(C)nnc2SC)c(Br)c1O. The topological polar surface area (TPSA) is 72.5 Å². The van der Waals surface area contributed by atoms with E-state index in [1.165, 1.54) is 18.9 Å². The van der Waals surface area contributed by atoms with Crippen molar-refractivity contribution in [3.05, 3.63) is 28.0 Å². The Bertz CT molecular complexity index is 657. The number of benzene rings is 1. The van der Waals surface area contributed by atoms with Crippen LogP contribution in [0.4, 0.5) is 0 Å². The van der Waals surface area contributed by atoms with Crippen molar-refractivity contribution in [3.8, 4) is 11.5 Å². The molecule has 0 bridgehead atoms. The second-order valence-electron chi connectivity index (χ2n) is 3.81. The molecule has 0 fully saturated rings. The predicted molar refractivity (Wildman–Crippen MR) is 81.9 cm³/mol. The van der Waals surface area contributed by atoms with Crippen molar-refractivity contribution >= 4 is 33.9 Å². The molecule has 0 radical (unpaired) electrons. The van der Waals surface area contributed by atoms with Gasteiger partial charge in [0.15, 0.2) is 17.3 Å². The molecule has 8 heteroatoms. The molecule has 1 aromatic carbocycles. The van der Waals surface area contributed by atoms with Gasteiger partial charge >= 0.3 is 0 Å². The van der Waals surface area contributed by atoms with Crippen LogP contribution in [-0.2, 0) is 0 Å². The summed E-state index contributed by atoms with van der Waals surface area (Å²) in [6.07, 6.45) is 3.53. The number of aromatic hydroxyl groups is 1. The molecule has 2 aromatic rings. The number of ether oxygens (including phenoxy) is 1. The van der Waals surface area contributed by atoms with E-state index in [9.17, 15) is 5.11 Å². The van der Waals surface area contributed by atoms with E-state index < -0.39 is 0 Å². The number of aromatic nitrogens is 3. The summed E-state index contributed by atoms with van der Waals surface area (Å²) in [5, 5.41) is 22.9. The van der Waals surface area contributed by atoms with Crippen molar-refractivity contribution < 1.29 is 9.84 Å². The lowest BCUT2D eigenvalue weighted by Gasteiger charge is -2.07. The molecular weight excluding hydrogens is 344 g/mol. The van der Waals surface area contributed by atoms with Crippen molar-refractivity contribution in [3.63, 3.8) is 0 Å². The molecule has 1 aromatic heterocycles. The average molecular weight is 357 g/mol. The maximum absolute atomic E-state index is 9.92. The van der Waals surface area contributed by atoms with Gasteiger partial charge in [-0.15, -0.1) is 10.2 Å². The van der Waals surface area contributed by atoms with Gasteiger partial charge in [0.2, 0.25) is 5.16 Å². The summed E-state index contributed by atoms with van der Waals surface area (Å²) < 4.78 is 7.20.